The molecule has 4 rings (SSSR count). The first-order chi connectivity index (χ1) is 11.7. The Hall–Kier alpha value is -1.51. The van der Waals surface area contributed by atoms with Crippen LogP contribution in [0.15, 0.2) is 4.79 Å². The van der Waals surface area contributed by atoms with Gasteiger partial charge in [0.2, 0.25) is 0 Å². The van der Waals surface area contributed by atoms with Crippen LogP contribution in [0.25, 0.3) is 0 Å². The molecule has 0 radical (unpaired) electrons. The molecule has 1 spiro atoms. The van der Waals surface area contributed by atoms with E-state index in [1.807, 2.05) is 0 Å². The van der Waals surface area contributed by atoms with Gasteiger partial charge >= 0.3 is 0 Å². The number of aromatic amines is 1. The van der Waals surface area contributed by atoms with Crippen molar-refractivity contribution in [2.75, 3.05) is 24.5 Å². The Balaban J connectivity index is 0.00000182. The quantitative estimate of drug-likeness (QED) is 0.866. The van der Waals surface area contributed by atoms with E-state index in [2.05, 4.69) is 28.2 Å². The Labute approximate surface area is 155 Å². The summed E-state index contributed by atoms with van der Waals surface area (Å²) in [6, 6.07) is 2.18. The largest absolute Gasteiger partial charge is 0.370 e. The zero-order valence-electron chi connectivity index (χ0n) is 14.9. The number of piperidine rings is 1. The van der Waals surface area contributed by atoms with Crippen LogP contribution in [-0.2, 0) is 6.54 Å². The molecule has 2 aliphatic heterocycles. The van der Waals surface area contributed by atoms with E-state index in [0.29, 0.717) is 16.9 Å². The topological polar surface area (TPSA) is 71.9 Å². The Morgan fingerprint density at radius 1 is 1.28 bits per heavy atom. The first kappa shape index (κ1) is 18.3. The molecule has 1 saturated heterocycles. The van der Waals surface area contributed by atoms with E-state index in [9.17, 15) is 10.1 Å². The summed E-state index contributed by atoms with van der Waals surface area (Å²) in [4.78, 5) is 17.9. The van der Waals surface area contributed by atoms with Crippen LogP contribution in [-0.4, -0.2) is 24.6 Å². The lowest BCUT2D eigenvalue weighted by molar-refractivity contribution is 0.383. The minimum atomic E-state index is -0.207. The Morgan fingerprint density at radius 3 is 2.60 bits per heavy atom. The van der Waals surface area contributed by atoms with Gasteiger partial charge in [-0.2, -0.15) is 5.26 Å². The predicted octanol–water partition coefficient (Wildman–Crippen LogP) is 3.04. The van der Waals surface area contributed by atoms with Gasteiger partial charge in [0.25, 0.3) is 5.56 Å². The van der Waals surface area contributed by atoms with Gasteiger partial charge in [0.05, 0.1) is 5.69 Å². The normalized spacial score (nSPS) is 23.5. The molecule has 3 heterocycles. The highest BCUT2D eigenvalue weighted by atomic mass is 35.5. The summed E-state index contributed by atoms with van der Waals surface area (Å²) in [5.41, 5.74) is 3.83. The molecule has 5 nitrogen and oxygen atoms in total. The number of H-pyrrole nitrogens is 1. The van der Waals surface area contributed by atoms with Gasteiger partial charge in [-0.1, -0.05) is 13.3 Å². The Kier molecular flexibility index (Phi) is 5.13. The van der Waals surface area contributed by atoms with Gasteiger partial charge in [0.15, 0.2) is 0 Å². The van der Waals surface area contributed by atoms with Crippen LogP contribution in [0, 0.1) is 16.7 Å². The van der Waals surface area contributed by atoms with Crippen molar-refractivity contribution in [3.63, 3.8) is 0 Å². The van der Waals surface area contributed by atoms with Gasteiger partial charge in [-0.25, -0.2) is 0 Å². The lowest BCUT2D eigenvalue weighted by Gasteiger charge is -2.37. The first-order valence-electron chi connectivity index (χ1n) is 9.32. The highest BCUT2D eigenvalue weighted by Crippen LogP contribution is 2.54. The minimum Gasteiger partial charge on any atom is -0.370 e. The van der Waals surface area contributed by atoms with E-state index >= 15 is 0 Å². The molecule has 0 bridgehead atoms. The molecule has 0 aromatic carbocycles. The lowest BCUT2D eigenvalue weighted by Crippen LogP contribution is -2.40. The number of rotatable bonds is 3. The summed E-state index contributed by atoms with van der Waals surface area (Å²) in [6.45, 7) is 5.78. The van der Waals surface area contributed by atoms with Crippen LogP contribution in [0.3, 0.4) is 0 Å². The van der Waals surface area contributed by atoms with Crippen molar-refractivity contribution in [2.24, 2.45) is 5.41 Å². The molecule has 136 valence electrons. The second-order valence-corrected chi connectivity index (χ2v) is 7.79. The van der Waals surface area contributed by atoms with Crippen LogP contribution < -0.4 is 15.8 Å². The third-order valence-corrected chi connectivity index (χ3v) is 6.27. The second kappa shape index (κ2) is 7.01. The number of hydrogen-bond acceptors (Lipinski definition) is 4. The third-order valence-electron chi connectivity index (χ3n) is 6.27. The lowest BCUT2D eigenvalue weighted by atomic mass is 9.88. The number of nitriles is 1. The number of hydrogen-bond donors (Lipinski definition) is 2. The van der Waals surface area contributed by atoms with Gasteiger partial charge in [-0.3, -0.25) is 4.79 Å². The number of anilines is 1. The average Bonchev–Trinajstić information content (AvgIpc) is 3.35. The minimum absolute atomic E-state index is 0. The molecule has 3 aliphatic rings. The monoisotopic (exact) mass is 362 g/mol. The highest BCUT2D eigenvalue weighted by molar-refractivity contribution is 5.85. The zero-order valence-corrected chi connectivity index (χ0v) is 15.7. The number of fused-ring (bicyclic) bond motifs is 1. The first-order valence-corrected chi connectivity index (χ1v) is 9.32. The average molecular weight is 363 g/mol. The molecule has 0 amide bonds. The summed E-state index contributed by atoms with van der Waals surface area (Å²) >= 11 is 0. The number of aromatic nitrogens is 1. The molecular formula is C19H27ClN4O. The van der Waals surface area contributed by atoms with E-state index in [1.165, 1.54) is 25.7 Å². The maximum atomic E-state index is 12.6. The van der Waals surface area contributed by atoms with Crippen molar-refractivity contribution in [2.45, 2.75) is 57.9 Å². The van der Waals surface area contributed by atoms with Crippen LogP contribution in [0.5, 0.6) is 0 Å². The van der Waals surface area contributed by atoms with Gasteiger partial charge in [-0.15, -0.1) is 12.4 Å². The molecule has 1 unspecified atom stereocenters. The Bertz CT molecular complexity index is 737. The molecule has 1 saturated carbocycles. The van der Waals surface area contributed by atoms with Crippen LogP contribution >= 0.6 is 12.4 Å². The van der Waals surface area contributed by atoms with Gasteiger partial charge in [0.1, 0.15) is 11.6 Å². The maximum Gasteiger partial charge on any atom is 0.268 e. The molecular weight excluding hydrogens is 336 g/mol. The summed E-state index contributed by atoms with van der Waals surface area (Å²) in [5, 5.41) is 13.1. The molecule has 1 aliphatic carbocycles. The van der Waals surface area contributed by atoms with E-state index in [4.69, 9.17) is 0 Å². The van der Waals surface area contributed by atoms with Crippen molar-refractivity contribution in [3.05, 3.63) is 27.2 Å². The SMILES string of the molecule is CCCC1CNCc2c1[nH]c(=O)c(C#N)c2N1CCC2(CC1)CC2.Cl. The maximum absolute atomic E-state index is 12.6. The smallest absolute Gasteiger partial charge is 0.268 e. The molecule has 1 aromatic rings. The standard InChI is InChI=1S/C19H26N4O.ClH/c1-2-3-13-11-21-12-15-16(13)22-18(24)14(10-20)17(15)23-8-6-19(4-5-19)7-9-23;/h13,21H,2-9,11-12H2,1H3,(H,22,24);1H. The molecule has 1 aromatic heterocycles. The van der Waals surface area contributed by atoms with Crippen molar-refractivity contribution >= 4 is 18.1 Å². The molecule has 6 heteroatoms. The van der Waals surface area contributed by atoms with E-state index in [-0.39, 0.29) is 18.0 Å². The third kappa shape index (κ3) is 3.18. The molecule has 2 fully saturated rings. The van der Waals surface area contributed by atoms with Crippen LogP contribution in [0.2, 0.25) is 0 Å². The number of halogens is 1. The summed E-state index contributed by atoms with van der Waals surface area (Å²) in [7, 11) is 0. The van der Waals surface area contributed by atoms with E-state index < -0.39 is 0 Å². The molecule has 1 atom stereocenters. The van der Waals surface area contributed by atoms with Crippen molar-refractivity contribution in [1.82, 2.24) is 10.3 Å². The van der Waals surface area contributed by atoms with Gasteiger partial charge in [-0.05, 0) is 37.5 Å². The zero-order chi connectivity index (χ0) is 16.7. The fourth-order valence-corrected chi connectivity index (χ4v) is 4.58. The molecule has 25 heavy (non-hydrogen) atoms. The molecule has 2 N–H and O–H groups in total. The number of nitrogens with zero attached hydrogens (tertiary/aromatic N) is 2. The fourth-order valence-electron chi connectivity index (χ4n) is 4.58. The number of nitrogens with one attached hydrogen (secondary N) is 2. The van der Waals surface area contributed by atoms with Crippen LogP contribution in [0.1, 0.15) is 68.2 Å². The predicted molar refractivity (Wildman–Crippen MR) is 101 cm³/mol. The van der Waals surface area contributed by atoms with Crippen LogP contribution in [0.4, 0.5) is 5.69 Å². The van der Waals surface area contributed by atoms with Gasteiger partial charge in [0, 0.05) is 43.4 Å². The Morgan fingerprint density at radius 2 is 2.00 bits per heavy atom. The van der Waals surface area contributed by atoms with Crippen molar-refractivity contribution in [1.29, 1.82) is 5.26 Å². The van der Waals surface area contributed by atoms with Gasteiger partial charge < -0.3 is 15.2 Å². The fraction of sp³-hybridized carbons (Fsp3) is 0.684. The summed E-state index contributed by atoms with van der Waals surface area (Å²) < 4.78 is 0. The number of pyridine rings is 1. The van der Waals surface area contributed by atoms with Crippen molar-refractivity contribution < 1.29 is 0 Å². The van der Waals surface area contributed by atoms with E-state index in [0.717, 1.165) is 56.0 Å². The highest BCUT2D eigenvalue weighted by Gasteiger charge is 2.45. The van der Waals surface area contributed by atoms with Crippen molar-refractivity contribution in [3.8, 4) is 6.07 Å². The van der Waals surface area contributed by atoms with E-state index in [1.54, 1.807) is 0 Å². The summed E-state index contributed by atoms with van der Waals surface area (Å²) in [5.74, 6) is 0.345. The second-order valence-electron chi connectivity index (χ2n) is 7.79. The summed E-state index contributed by atoms with van der Waals surface area (Å²) in [6.07, 6.45) is 7.27.